The van der Waals surface area contributed by atoms with Crippen LogP contribution in [0.25, 0.3) is 11.3 Å². The van der Waals surface area contributed by atoms with Crippen LogP contribution in [0.5, 0.6) is 5.75 Å². The maximum absolute atomic E-state index is 13.9. The molecular weight excluding hydrogens is 660 g/mol. The van der Waals surface area contributed by atoms with E-state index in [9.17, 15) is 20.0 Å². The second-order valence-electron chi connectivity index (χ2n) is 15.6. The molecule has 10 nitrogen and oxygen atoms in total. The molecule has 2 aliphatic carbocycles. The number of hydrogen-bond acceptors (Lipinski definition) is 10. The molecule has 2 aromatic carbocycles. The standard InChI is InChI=1S/C42H42N2O8/c1-23-8-6-9-24(2)33(23)39-48-22-41(4)30-19-32(50-37(46)26-13-11-25(20-43)12-14-26)42(5)36(40(30,3)16-15-31(41)51-39)35(45)34-29(52-42)18-28(49-38(34)47)27-10-7-17-44-21-27/h6-14,17-18,21,30-32,35-36,39,45H,15-16,19,22H2,1-5H3/t30?,31-,32-,35-,36?,39+,40-,41-,42+/m0/s1. The normalized spacial score (nSPS) is 33.2. The summed E-state index contributed by atoms with van der Waals surface area (Å²) in [5.41, 5.74) is 1.51. The van der Waals surface area contributed by atoms with E-state index in [4.69, 9.17) is 23.4 Å². The zero-order valence-corrected chi connectivity index (χ0v) is 29.9. The molecule has 2 aromatic heterocycles. The van der Waals surface area contributed by atoms with Crippen molar-refractivity contribution >= 4 is 5.97 Å². The number of nitriles is 1. The van der Waals surface area contributed by atoms with Crippen LogP contribution in [-0.2, 0) is 14.2 Å². The minimum Gasteiger partial charge on any atom is -0.482 e. The van der Waals surface area contributed by atoms with Gasteiger partial charge in [0.05, 0.1) is 36.0 Å². The summed E-state index contributed by atoms with van der Waals surface area (Å²) < 4.78 is 32.5. The summed E-state index contributed by atoms with van der Waals surface area (Å²) in [6, 6.07) is 19.6. The number of nitrogens with zero attached hydrogens (tertiary/aromatic N) is 2. The number of esters is 1. The van der Waals surface area contributed by atoms with Crippen molar-refractivity contribution in [2.24, 2.45) is 22.7 Å². The third-order valence-electron chi connectivity index (χ3n) is 12.6. The number of aromatic nitrogens is 1. The van der Waals surface area contributed by atoms with Crippen LogP contribution >= 0.6 is 0 Å². The van der Waals surface area contributed by atoms with Crippen molar-refractivity contribution in [2.75, 3.05) is 6.61 Å². The van der Waals surface area contributed by atoms with Gasteiger partial charge in [0.1, 0.15) is 28.8 Å². The van der Waals surface area contributed by atoms with Gasteiger partial charge in [-0.15, -0.1) is 0 Å². The number of carbonyl (C=O) groups is 1. The Balaban J connectivity index is 1.21. The smallest absolute Gasteiger partial charge is 0.345 e. The van der Waals surface area contributed by atoms with E-state index >= 15 is 0 Å². The van der Waals surface area contributed by atoms with Gasteiger partial charge in [-0.25, -0.2) is 9.59 Å². The second-order valence-corrected chi connectivity index (χ2v) is 15.6. The van der Waals surface area contributed by atoms with E-state index < -0.39 is 52.4 Å². The zero-order chi connectivity index (χ0) is 36.6. The Morgan fingerprint density at radius 1 is 1.02 bits per heavy atom. The number of aryl methyl sites for hydroxylation is 2. The SMILES string of the molecule is Cc1cccc(C)c1[C@@H]1OC[C@@]2(C)C3C[C@H](OC(=O)c4ccc(C#N)cc4)[C@@]4(C)Oc5cc(-c6cccnc6)oc(=O)c5[C@H](O)C4[C@@]3(C)CC[C@@H]2O1. The number of hydrogen-bond donors (Lipinski definition) is 1. The Bertz CT molecular complexity index is 2120. The van der Waals surface area contributed by atoms with Crippen LogP contribution in [-0.4, -0.2) is 40.5 Å². The Morgan fingerprint density at radius 2 is 1.77 bits per heavy atom. The van der Waals surface area contributed by atoms with Gasteiger partial charge in [-0.05, 0) is 98.9 Å². The molecule has 268 valence electrons. The first-order valence-electron chi connectivity index (χ1n) is 17.9. The van der Waals surface area contributed by atoms with Crippen LogP contribution < -0.4 is 10.4 Å². The first-order valence-corrected chi connectivity index (χ1v) is 17.9. The summed E-state index contributed by atoms with van der Waals surface area (Å²) in [7, 11) is 0. The highest BCUT2D eigenvalue weighted by Crippen LogP contribution is 2.68. The highest BCUT2D eigenvalue weighted by atomic mass is 16.7. The van der Waals surface area contributed by atoms with Crippen LogP contribution in [0.1, 0.15) is 90.6 Å². The van der Waals surface area contributed by atoms with E-state index in [1.165, 1.54) is 0 Å². The molecular formula is C42H42N2O8. The zero-order valence-electron chi connectivity index (χ0n) is 29.9. The van der Waals surface area contributed by atoms with Crippen molar-refractivity contribution in [2.45, 2.75) is 84.1 Å². The molecule has 1 saturated heterocycles. The Hall–Kier alpha value is -4.82. The number of carbonyl (C=O) groups excluding carboxylic acids is 1. The molecule has 0 spiro atoms. The molecule has 9 atom stereocenters. The van der Waals surface area contributed by atoms with Gasteiger partial charge in [-0.2, -0.15) is 5.26 Å². The fourth-order valence-electron chi connectivity index (χ4n) is 10.1. The Kier molecular flexibility index (Phi) is 8.18. The Labute approximate surface area is 302 Å². The summed E-state index contributed by atoms with van der Waals surface area (Å²) in [6.45, 7) is 10.7. The molecule has 2 unspecified atom stereocenters. The van der Waals surface area contributed by atoms with Crippen LogP contribution in [0.4, 0.5) is 0 Å². The molecule has 0 amide bonds. The average molecular weight is 703 g/mol. The van der Waals surface area contributed by atoms with Crippen LogP contribution in [0.2, 0.25) is 0 Å². The van der Waals surface area contributed by atoms with Crippen molar-refractivity contribution in [3.05, 3.63) is 117 Å². The minimum atomic E-state index is -1.29. The van der Waals surface area contributed by atoms with Crippen LogP contribution in [0, 0.1) is 47.8 Å². The van der Waals surface area contributed by atoms with Gasteiger partial charge in [-0.1, -0.05) is 32.0 Å². The number of benzene rings is 2. The topological polar surface area (TPSA) is 141 Å². The largest absolute Gasteiger partial charge is 0.482 e. The number of rotatable bonds is 4. The maximum atomic E-state index is 13.9. The lowest BCUT2D eigenvalue weighted by Crippen LogP contribution is -2.72. The fraction of sp³-hybridized carbons (Fsp3) is 0.429. The molecule has 2 aliphatic heterocycles. The highest BCUT2D eigenvalue weighted by molar-refractivity contribution is 5.89. The van der Waals surface area contributed by atoms with Gasteiger partial charge in [-0.3, -0.25) is 4.98 Å². The fourth-order valence-corrected chi connectivity index (χ4v) is 10.1. The molecule has 0 radical (unpaired) electrons. The minimum absolute atomic E-state index is 0.0488. The van der Waals surface area contributed by atoms with E-state index in [1.54, 1.807) is 54.9 Å². The second kappa shape index (κ2) is 12.4. The molecule has 3 fully saturated rings. The van der Waals surface area contributed by atoms with Crippen LogP contribution in [0.15, 0.2) is 82.3 Å². The molecule has 52 heavy (non-hydrogen) atoms. The van der Waals surface area contributed by atoms with E-state index in [1.807, 2.05) is 13.0 Å². The highest BCUT2D eigenvalue weighted by Gasteiger charge is 2.71. The molecule has 4 aromatic rings. The van der Waals surface area contributed by atoms with Crippen molar-refractivity contribution in [1.29, 1.82) is 5.26 Å². The first kappa shape index (κ1) is 34.3. The monoisotopic (exact) mass is 702 g/mol. The van der Waals surface area contributed by atoms with E-state index in [0.717, 1.165) is 16.7 Å². The summed E-state index contributed by atoms with van der Waals surface area (Å²) in [5, 5.41) is 21.8. The molecule has 0 bridgehead atoms. The van der Waals surface area contributed by atoms with Crippen molar-refractivity contribution in [1.82, 2.24) is 4.98 Å². The summed E-state index contributed by atoms with van der Waals surface area (Å²) in [4.78, 5) is 31.8. The molecule has 1 N–H and O–H groups in total. The van der Waals surface area contributed by atoms with E-state index in [-0.39, 0.29) is 34.7 Å². The molecule has 8 rings (SSSR count). The van der Waals surface area contributed by atoms with Gasteiger partial charge in [0.2, 0.25) is 0 Å². The van der Waals surface area contributed by atoms with Crippen molar-refractivity contribution in [3.8, 4) is 23.1 Å². The van der Waals surface area contributed by atoms with Gasteiger partial charge in [0.25, 0.3) is 0 Å². The average Bonchev–Trinajstić information content (AvgIpc) is 3.12. The van der Waals surface area contributed by atoms with Crippen LogP contribution in [0.3, 0.4) is 0 Å². The quantitative estimate of drug-likeness (QED) is 0.218. The molecule has 4 heterocycles. The van der Waals surface area contributed by atoms with E-state index in [0.29, 0.717) is 37.0 Å². The maximum Gasteiger partial charge on any atom is 0.345 e. The predicted octanol–water partition coefficient (Wildman–Crippen LogP) is 7.16. The van der Waals surface area contributed by atoms with E-state index in [2.05, 4.69) is 50.9 Å². The third kappa shape index (κ3) is 5.20. The summed E-state index contributed by atoms with van der Waals surface area (Å²) >= 11 is 0. The van der Waals surface area contributed by atoms with Gasteiger partial charge in [0.15, 0.2) is 6.29 Å². The number of aliphatic hydroxyl groups is 1. The molecule has 10 heteroatoms. The summed E-state index contributed by atoms with van der Waals surface area (Å²) in [6.07, 6.45) is 2.15. The number of fused-ring (bicyclic) bond motifs is 6. The lowest BCUT2D eigenvalue weighted by molar-refractivity contribution is -0.330. The van der Waals surface area contributed by atoms with Gasteiger partial charge in [0, 0.05) is 40.9 Å². The number of ether oxygens (including phenoxy) is 4. The Morgan fingerprint density at radius 3 is 2.46 bits per heavy atom. The first-order chi connectivity index (χ1) is 24.9. The predicted molar refractivity (Wildman–Crippen MR) is 189 cm³/mol. The lowest BCUT2D eigenvalue weighted by atomic mass is 9.42. The molecule has 2 saturated carbocycles. The number of pyridine rings is 1. The summed E-state index contributed by atoms with van der Waals surface area (Å²) in [5.74, 6) is -0.986. The van der Waals surface area contributed by atoms with Crippen molar-refractivity contribution in [3.63, 3.8) is 0 Å². The molecule has 4 aliphatic rings. The number of aliphatic hydroxyl groups excluding tert-OH is 1. The lowest BCUT2D eigenvalue weighted by Gasteiger charge is -2.67. The van der Waals surface area contributed by atoms with Crippen molar-refractivity contribution < 1.29 is 33.3 Å². The third-order valence-corrected chi connectivity index (χ3v) is 12.6. The van der Waals surface area contributed by atoms with Gasteiger partial charge < -0.3 is 28.5 Å². The van der Waals surface area contributed by atoms with Gasteiger partial charge >= 0.3 is 11.6 Å².